The fourth-order valence-electron chi connectivity index (χ4n) is 3.13. The molecule has 3 rings (SSSR count). The van der Waals surface area contributed by atoms with Crippen LogP contribution in [-0.2, 0) is 25.6 Å². The number of carbonyl (C=O) groups is 2. The number of benzene rings is 1. The van der Waals surface area contributed by atoms with E-state index in [0.717, 1.165) is 31.5 Å². The van der Waals surface area contributed by atoms with Gasteiger partial charge in [0, 0.05) is 26.0 Å². The molecule has 2 aliphatic heterocycles. The lowest BCUT2D eigenvalue weighted by Crippen LogP contribution is -2.41. The van der Waals surface area contributed by atoms with E-state index in [-0.39, 0.29) is 11.3 Å². The standard InChI is InChI=1S/C19H23NO5/c1-19(2)24-17(22)15(18(23)25-19)11-13-6-7-16(21)14(10-13)12-20-8-4-3-5-9-20/h6-7,10-11,21H,3-5,8-9,12H2,1-2H3. The van der Waals surface area contributed by atoms with Crippen LogP contribution in [0.2, 0.25) is 0 Å². The first-order chi connectivity index (χ1) is 11.8. The summed E-state index contributed by atoms with van der Waals surface area (Å²) in [6.45, 7) is 5.69. The van der Waals surface area contributed by atoms with Crippen molar-refractivity contribution in [1.29, 1.82) is 0 Å². The predicted octanol–water partition coefficient (Wildman–Crippen LogP) is 2.60. The summed E-state index contributed by atoms with van der Waals surface area (Å²) in [4.78, 5) is 26.4. The van der Waals surface area contributed by atoms with E-state index in [0.29, 0.717) is 12.1 Å². The Morgan fingerprint density at radius 3 is 2.40 bits per heavy atom. The van der Waals surface area contributed by atoms with Crippen molar-refractivity contribution in [2.24, 2.45) is 0 Å². The first kappa shape index (κ1) is 17.5. The van der Waals surface area contributed by atoms with Gasteiger partial charge in [0.25, 0.3) is 5.79 Å². The molecule has 0 radical (unpaired) electrons. The van der Waals surface area contributed by atoms with E-state index >= 15 is 0 Å². The Labute approximate surface area is 147 Å². The summed E-state index contributed by atoms with van der Waals surface area (Å²) in [6.07, 6.45) is 5.02. The van der Waals surface area contributed by atoms with Crippen LogP contribution in [0.25, 0.3) is 6.08 Å². The fourth-order valence-corrected chi connectivity index (χ4v) is 3.13. The van der Waals surface area contributed by atoms with Gasteiger partial charge in [-0.1, -0.05) is 12.5 Å². The third-order valence-corrected chi connectivity index (χ3v) is 4.37. The molecule has 2 saturated heterocycles. The number of phenols is 1. The third-order valence-electron chi connectivity index (χ3n) is 4.37. The number of phenolic OH excluding ortho intramolecular Hbond substituents is 1. The molecule has 0 atom stereocenters. The quantitative estimate of drug-likeness (QED) is 0.515. The van der Waals surface area contributed by atoms with Gasteiger partial charge in [-0.15, -0.1) is 0 Å². The molecule has 0 amide bonds. The highest BCUT2D eigenvalue weighted by molar-refractivity contribution is 6.18. The first-order valence-electron chi connectivity index (χ1n) is 8.57. The number of nitrogens with zero attached hydrogens (tertiary/aromatic N) is 1. The number of piperidine rings is 1. The SMILES string of the molecule is CC1(C)OC(=O)C(=Cc2ccc(O)c(CN3CCCCC3)c2)C(=O)O1. The second-order valence-corrected chi connectivity index (χ2v) is 6.96. The van der Waals surface area contributed by atoms with Crippen molar-refractivity contribution in [2.45, 2.75) is 45.4 Å². The molecule has 0 saturated carbocycles. The Morgan fingerprint density at radius 2 is 1.76 bits per heavy atom. The summed E-state index contributed by atoms with van der Waals surface area (Å²) in [5.41, 5.74) is 1.27. The smallest absolute Gasteiger partial charge is 0.348 e. The van der Waals surface area contributed by atoms with E-state index in [1.54, 1.807) is 18.2 Å². The second-order valence-electron chi connectivity index (χ2n) is 6.96. The molecule has 1 N–H and O–H groups in total. The van der Waals surface area contributed by atoms with Crippen LogP contribution in [-0.4, -0.2) is 40.8 Å². The Balaban J connectivity index is 1.82. The molecule has 1 aromatic carbocycles. The van der Waals surface area contributed by atoms with Crippen LogP contribution >= 0.6 is 0 Å². The van der Waals surface area contributed by atoms with E-state index in [9.17, 15) is 14.7 Å². The third kappa shape index (κ3) is 4.20. The molecule has 2 aliphatic rings. The molecule has 0 bridgehead atoms. The molecule has 0 aliphatic carbocycles. The number of esters is 2. The Bertz CT molecular complexity index is 695. The zero-order chi connectivity index (χ0) is 18.0. The van der Waals surface area contributed by atoms with Gasteiger partial charge in [0.1, 0.15) is 11.3 Å². The summed E-state index contributed by atoms with van der Waals surface area (Å²) in [6, 6.07) is 5.02. The van der Waals surface area contributed by atoms with E-state index in [2.05, 4.69) is 4.90 Å². The molecule has 0 aromatic heterocycles. The first-order valence-corrected chi connectivity index (χ1v) is 8.57. The monoisotopic (exact) mass is 345 g/mol. The van der Waals surface area contributed by atoms with Crippen molar-refractivity contribution in [2.75, 3.05) is 13.1 Å². The molecule has 0 unspecified atom stereocenters. The van der Waals surface area contributed by atoms with Gasteiger partial charge in [0.05, 0.1) is 0 Å². The lowest BCUT2D eigenvalue weighted by molar-refractivity contribution is -0.222. The fraction of sp³-hybridized carbons (Fsp3) is 0.474. The lowest BCUT2D eigenvalue weighted by Gasteiger charge is -2.29. The molecular weight excluding hydrogens is 322 g/mol. The number of ether oxygens (including phenoxy) is 2. The average Bonchev–Trinajstić information content (AvgIpc) is 2.54. The van der Waals surface area contributed by atoms with Gasteiger partial charge < -0.3 is 14.6 Å². The van der Waals surface area contributed by atoms with Crippen molar-refractivity contribution >= 4 is 18.0 Å². The lowest BCUT2D eigenvalue weighted by atomic mass is 10.0. The molecular formula is C19H23NO5. The van der Waals surface area contributed by atoms with Crippen molar-refractivity contribution in [3.63, 3.8) is 0 Å². The molecule has 1 aromatic rings. The number of carbonyl (C=O) groups excluding carboxylic acids is 2. The van der Waals surface area contributed by atoms with Crippen LogP contribution in [0.3, 0.4) is 0 Å². The van der Waals surface area contributed by atoms with Crippen LogP contribution in [0.5, 0.6) is 5.75 Å². The van der Waals surface area contributed by atoms with E-state index in [4.69, 9.17) is 9.47 Å². The number of aromatic hydroxyl groups is 1. The zero-order valence-corrected chi connectivity index (χ0v) is 14.6. The predicted molar refractivity (Wildman–Crippen MR) is 91.5 cm³/mol. The van der Waals surface area contributed by atoms with Gasteiger partial charge in [-0.3, -0.25) is 4.90 Å². The minimum absolute atomic E-state index is 0.145. The van der Waals surface area contributed by atoms with Gasteiger partial charge in [-0.25, -0.2) is 9.59 Å². The summed E-state index contributed by atoms with van der Waals surface area (Å²) in [5.74, 6) is -2.44. The number of hydrogen-bond donors (Lipinski definition) is 1. The van der Waals surface area contributed by atoms with Gasteiger partial charge in [0.2, 0.25) is 0 Å². The van der Waals surface area contributed by atoms with Gasteiger partial charge in [-0.05, 0) is 49.7 Å². The number of cyclic esters (lactones) is 2. The number of rotatable bonds is 3. The van der Waals surface area contributed by atoms with Crippen molar-refractivity contribution in [3.05, 3.63) is 34.9 Å². The summed E-state index contributed by atoms with van der Waals surface area (Å²) in [5, 5.41) is 10.1. The van der Waals surface area contributed by atoms with Crippen LogP contribution in [0, 0.1) is 0 Å². The molecule has 2 heterocycles. The second kappa shape index (κ2) is 6.88. The maximum Gasteiger partial charge on any atom is 0.348 e. The Morgan fingerprint density at radius 1 is 1.12 bits per heavy atom. The molecule has 2 fully saturated rings. The van der Waals surface area contributed by atoms with Crippen molar-refractivity contribution in [3.8, 4) is 5.75 Å². The molecule has 134 valence electrons. The van der Waals surface area contributed by atoms with E-state index in [1.807, 2.05) is 0 Å². The van der Waals surface area contributed by atoms with Crippen LogP contribution in [0.15, 0.2) is 23.8 Å². The Kier molecular flexibility index (Phi) is 4.81. The van der Waals surface area contributed by atoms with Crippen molar-refractivity contribution < 1.29 is 24.2 Å². The van der Waals surface area contributed by atoms with Gasteiger partial charge in [-0.2, -0.15) is 0 Å². The maximum absolute atomic E-state index is 12.0. The van der Waals surface area contributed by atoms with Crippen LogP contribution < -0.4 is 0 Å². The molecule has 6 nitrogen and oxygen atoms in total. The number of likely N-dealkylation sites (tertiary alicyclic amines) is 1. The average molecular weight is 345 g/mol. The molecule has 6 heteroatoms. The Hall–Kier alpha value is -2.34. The minimum atomic E-state index is -1.25. The highest BCUT2D eigenvalue weighted by Gasteiger charge is 2.38. The summed E-state index contributed by atoms with van der Waals surface area (Å²) in [7, 11) is 0. The number of hydrogen-bond acceptors (Lipinski definition) is 6. The van der Waals surface area contributed by atoms with Crippen LogP contribution in [0.4, 0.5) is 0 Å². The highest BCUT2D eigenvalue weighted by Crippen LogP contribution is 2.27. The summed E-state index contributed by atoms with van der Waals surface area (Å²) >= 11 is 0. The minimum Gasteiger partial charge on any atom is -0.508 e. The van der Waals surface area contributed by atoms with Crippen LogP contribution in [0.1, 0.15) is 44.2 Å². The normalized spacial score (nSPS) is 20.8. The maximum atomic E-state index is 12.0. The highest BCUT2D eigenvalue weighted by atomic mass is 16.7. The van der Waals surface area contributed by atoms with E-state index < -0.39 is 17.7 Å². The topological polar surface area (TPSA) is 76.1 Å². The largest absolute Gasteiger partial charge is 0.508 e. The van der Waals surface area contributed by atoms with Gasteiger partial charge in [0.15, 0.2) is 0 Å². The zero-order valence-electron chi connectivity index (χ0n) is 14.6. The molecule has 25 heavy (non-hydrogen) atoms. The van der Waals surface area contributed by atoms with Gasteiger partial charge >= 0.3 is 11.9 Å². The summed E-state index contributed by atoms with van der Waals surface area (Å²) < 4.78 is 10.2. The molecule has 0 spiro atoms. The van der Waals surface area contributed by atoms with E-state index in [1.165, 1.54) is 26.3 Å². The van der Waals surface area contributed by atoms with Crippen molar-refractivity contribution in [1.82, 2.24) is 4.90 Å².